The molecule has 8 heteroatoms. The number of hydrogen-bond acceptors (Lipinski definition) is 4. The fourth-order valence-electron chi connectivity index (χ4n) is 1.09. The molecule has 1 heterocycles. The van der Waals surface area contributed by atoms with Crippen LogP contribution < -0.4 is 5.32 Å². The molecule has 18 heavy (non-hydrogen) atoms. The third-order valence-electron chi connectivity index (χ3n) is 1.94. The number of rotatable bonds is 5. The van der Waals surface area contributed by atoms with Crippen LogP contribution in [0.4, 0.5) is 13.2 Å². The van der Waals surface area contributed by atoms with Gasteiger partial charge in [0.15, 0.2) is 0 Å². The van der Waals surface area contributed by atoms with Gasteiger partial charge in [0.1, 0.15) is 5.82 Å². The van der Waals surface area contributed by atoms with E-state index >= 15 is 0 Å². The molecule has 1 aromatic heterocycles. The summed E-state index contributed by atoms with van der Waals surface area (Å²) in [5.74, 6) is -0.0806. The van der Waals surface area contributed by atoms with Gasteiger partial charge in [-0.25, -0.2) is 9.97 Å². The summed E-state index contributed by atoms with van der Waals surface area (Å²) < 4.78 is 35.5. The van der Waals surface area contributed by atoms with Crippen molar-refractivity contribution in [2.75, 3.05) is 12.3 Å². The zero-order valence-corrected chi connectivity index (χ0v) is 10.4. The monoisotopic (exact) mass is 279 g/mol. The molecule has 0 saturated carbocycles. The molecule has 0 bridgehead atoms. The lowest BCUT2D eigenvalue weighted by molar-refractivity contribution is -0.0327. The van der Waals surface area contributed by atoms with Crippen LogP contribution in [0.3, 0.4) is 0 Å². The van der Waals surface area contributed by atoms with Gasteiger partial charge in [0.25, 0.3) is 5.91 Å². The van der Waals surface area contributed by atoms with E-state index in [1.54, 1.807) is 0 Å². The normalized spacial score (nSPS) is 11.3. The van der Waals surface area contributed by atoms with E-state index in [2.05, 4.69) is 15.3 Å². The van der Waals surface area contributed by atoms with Crippen molar-refractivity contribution in [2.24, 2.45) is 0 Å². The van der Waals surface area contributed by atoms with Gasteiger partial charge in [-0.2, -0.15) is 13.2 Å². The first-order valence-corrected chi connectivity index (χ1v) is 6.20. The van der Waals surface area contributed by atoms with Crippen molar-refractivity contribution in [3.8, 4) is 0 Å². The fourth-order valence-corrected chi connectivity index (χ4v) is 1.52. The van der Waals surface area contributed by atoms with Gasteiger partial charge in [0, 0.05) is 31.1 Å². The van der Waals surface area contributed by atoms with Crippen molar-refractivity contribution >= 4 is 17.7 Å². The second kappa shape index (κ2) is 6.58. The maximum atomic E-state index is 11.8. The van der Waals surface area contributed by atoms with Crippen LogP contribution in [0.25, 0.3) is 0 Å². The molecule has 0 fully saturated rings. The standard InChI is InChI=1S/C10H12F3N3OS/c1-2-8-15-5-7(6-16-8)9(17)14-3-4-18-10(11,12)13/h5-6H,2-4H2,1H3,(H,14,17). The molecule has 0 aromatic carbocycles. The van der Waals surface area contributed by atoms with Crippen molar-refractivity contribution in [1.29, 1.82) is 0 Å². The molecule has 0 spiro atoms. The molecule has 1 N–H and O–H groups in total. The molecule has 0 saturated heterocycles. The Hall–Kier alpha value is -1.31. The number of carbonyl (C=O) groups excluding carboxylic acids is 1. The summed E-state index contributed by atoms with van der Waals surface area (Å²) in [7, 11) is 0. The fraction of sp³-hybridized carbons (Fsp3) is 0.500. The van der Waals surface area contributed by atoms with Crippen LogP contribution in [0.5, 0.6) is 0 Å². The number of carbonyl (C=O) groups is 1. The maximum Gasteiger partial charge on any atom is 0.441 e. The predicted molar refractivity (Wildman–Crippen MR) is 62.3 cm³/mol. The number of nitrogens with one attached hydrogen (secondary N) is 1. The third kappa shape index (κ3) is 5.35. The Morgan fingerprint density at radius 2 is 2.00 bits per heavy atom. The number of nitrogens with zero attached hydrogens (tertiary/aromatic N) is 2. The Labute approximate surface area is 106 Å². The first-order chi connectivity index (χ1) is 8.42. The van der Waals surface area contributed by atoms with Crippen molar-refractivity contribution in [3.63, 3.8) is 0 Å². The summed E-state index contributed by atoms with van der Waals surface area (Å²) in [4.78, 5) is 19.3. The van der Waals surface area contributed by atoms with Gasteiger partial charge in [-0.15, -0.1) is 0 Å². The Kier molecular flexibility index (Phi) is 5.39. The first-order valence-electron chi connectivity index (χ1n) is 5.22. The smallest absolute Gasteiger partial charge is 0.351 e. The molecule has 100 valence electrons. The van der Waals surface area contributed by atoms with Crippen molar-refractivity contribution in [2.45, 2.75) is 18.9 Å². The minimum Gasteiger partial charge on any atom is -0.351 e. The summed E-state index contributed by atoms with van der Waals surface area (Å²) in [5.41, 5.74) is -4.03. The molecular weight excluding hydrogens is 267 g/mol. The molecule has 1 rings (SSSR count). The van der Waals surface area contributed by atoms with E-state index < -0.39 is 11.4 Å². The molecule has 0 aliphatic carbocycles. The minimum atomic E-state index is -4.27. The molecule has 1 amide bonds. The number of amides is 1. The number of hydrogen-bond donors (Lipinski definition) is 1. The lowest BCUT2D eigenvalue weighted by Gasteiger charge is -2.07. The Morgan fingerprint density at radius 3 is 2.50 bits per heavy atom. The van der Waals surface area contributed by atoms with Gasteiger partial charge >= 0.3 is 5.51 Å². The average molecular weight is 279 g/mol. The van der Waals surface area contributed by atoms with Crippen molar-refractivity contribution in [1.82, 2.24) is 15.3 Å². The molecule has 0 radical (unpaired) electrons. The molecule has 0 unspecified atom stereocenters. The highest BCUT2D eigenvalue weighted by Gasteiger charge is 2.27. The van der Waals surface area contributed by atoms with E-state index in [4.69, 9.17) is 0 Å². The number of aryl methyl sites for hydroxylation is 1. The van der Waals surface area contributed by atoms with Crippen LogP contribution in [0, 0.1) is 0 Å². The highest BCUT2D eigenvalue weighted by Crippen LogP contribution is 2.29. The Morgan fingerprint density at radius 1 is 1.39 bits per heavy atom. The maximum absolute atomic E-state index is 11.8. The molecule has 4 nitrogen and oxygen atoms in total. The largest absolute Gasteiger partial charge is 0.441 e. The van der Waals surface area contributed by atoms with E-state index in [0.29, 0.717) is 12.2 Å². The molecule has 1 aromatic rings. The van der Waals surface area contributed by atoms with Gasteiger partial charge in [0.2, 0.25) is 0 Å². The summed E-state index contributed by atoms with van der Waals surface area (Å²) in [5, 5.41) is 2.37. The van der Waals surface area contributed by atoms with E-state index in [9.17, 15) is 18.0 Å². The van der Waals surface area contributed by atoms with Crippen molar-refractivity contribution in [3.05, 3.63) is 23.8 Å². The van der Waals surface area contributed by atoms with Gasteiger partial charge in [0.05, 0.1) is 5.56 Å². The predicted octanol–water partition coefficient (Wildman–Crippen LogP) is 2.02. The van der Waals surface area contributed by atoms with E-state index in [1.165, 1.54) is 12.4 Å². The van der Waals surface area contributed by atoms with Gasteiger partial charge < -0.3 is 5.32 Å². The van der Waals surface area contributed by atoms with Gasteiger partial charge in [-0.1, -0.05) is 6.92 Å². The topological polar surface area (TPSA) is 54.9 Å². The van der Waals surface area contributed by atoms with E-state index in [1.807, 2.05) is 6.92 Å². The van der Waals surface area contributed by atoms with Crippen LogP contribution in [0.2, 0.25) is 0 Å². The van der Waals surface area contributed by atoms with Crippen molar-refractivity contribution < 1.29 is 18.0 Å². The van der Waals surface area contributed by atoms with Crippen LogP contribution in [-0.2, 0) is 6.42 Å². The summed E-state index contributed by atoms with van der Waals surface area (Å²) in [6.45, 7) is 1.82. The summed E-state index contributed by atoms with van der Waals surface area (Å²) in [6.07, 6.45) is 3.38. The zero-order valence-electron chi connectivity index (χ0n) is 9.62. The number of aromatic nitrogens is 2. The highest BCUT2D eigenvalue weighted by atomic mass is 32.2. The molecule has 0 atom stereocenters. The van der Waals surface area contributed by atoms with Crippen LogP contribution >= 0.6 is 11.8 Å². The lowest BCUT2D eigenvalue weighted by Crippen LogP contribution is -2.26. The number of thioether (sulfide) groups is 1. The molecule has 0 aliphatic heterocycles. The molecular formula is C10H12F3N3OS. The summed E-state index contributed by atoms with van der Waals surface area (Å²) >= 11 is -0.169. The number of alkyl halides is 3. The van der Waals surface area contributed by atoms with E-state index in [-0.39, 0.29) is 29.6 Å². The van der Waals surface area contributed by atoms with Crippen LogP contribution in [0.1, 0.15) is 23.1 Å². The second-order valence-corrected chi connectivity index (χ2v) is 4.45. The minimum absolute atomic E-state index is 0.0570. The SMILES string of the molecule is CCc1ncc(C(=O)NCCSC(F)(F)F)cn1. The zero-order chi connectivity index (χ0) is 13.6. The van der Waals surface area contributed by atoms with E-state index in [0.717, 1.165) is 0 Å². The van der Waals surface area contributed by atoms with Gasteiger partial charge in [-0.3, -0.25) is 4.79 Å². The quantitative estimate of drug-likeness (QED) is 0.838. The first kappa shape index (κ1) is 14.7. The number of halogens is 3. The van der Waals surface area contributed by atoms with Gasteiger partial charge in [-0.05, 0) is 11.8 Å². The highest BCUT2D eigenvalue weighted by molar-refractivity contribution is 8.00. The van der Waals surface area contributed by atoms with Crippen LogP contribution in [0.15, 0.2) is 12.4 Å². The molecule has 0 aliphatic rings. The van der Waals surface area contributed by atoms with Crippen LogP contribution in [-0.4, -0.2) is 33.7 Å². The average Bonchev–Trinajstić information content (AvgIpc) is 2.33. The third-order valence-corrected chi connectivity index (χ3v) is 2.67. The Bertz CT molecular complexity index is 394. The Balaban J connectivity index is 2.36. The summed E-state index contributed by atoms with van der Waals surface area (Å²) in [6, 6.07) is 0. The second-order valence-electron chi connectivity index (χ2n) is 3.29. The lowest BCUT2D eigenvalue weighted by atomic mass is 10.3.